The number of carbonyl (C=O) groups excluding carboxylic acids is 2. The van der Waals surface area contributed by atoms with E-state index in [0.717, 1.165) is 5.56 Å². The van der Waals surface area contributed by atoms with Gasteiger partial charge in [0.15, 0.2) is 4.34 Å². The van der Waals surface area contributed by atoms with E-state index >= 15 is 0 Å². The Morgan fingerprint density at radius 1 is 1.08 bits per heavy atom. The van der Waals surface area contributed by atoms with Crippen molar-refractivity contribution in [2.24, 2.45) is 0 Å². The van der Waals surface area contributed by atoms with Crippen LogP contribution >= 0.6 is 23.1 Å². The Morgan fingerprint density at radius 3 is 2.59 bits per heavy atom. The number of rotatable bonds is 9. The molecule has 1 N–H and O–H groups in total. The summed E-state index contributed by atoms with van der Waals surface area (Å²) in [6, 6.07) is 23.1. The lowest BCUT2D eigenvalue weighted by Crippen LogP contribution is -2.29. The Kier molecular flexibility index (Phi) is 7.90. The first-order valence-corrected chi connectivity index (χ1v) is 14.0. The third-order valence-electron chi connectivity index (χ3n) is 6.12. The summed E-state index contributed by atoms with van der Waals surface area (Å²) in [6.07, 6.45) is 1.63. The van der Waals surface area contributed by atoms with Crippen LogP contribution < -0.4 is 9.64 Å². The van der Waals surface area contributed by atoms with Crippen molar-refractivity contribution in [3.05, 3.63) is 119 Å². The number of hydrogen-bond acceptors (Lipinski definition) is 8. The number of ketones is 1. The quantitative estimate of drug-likeness (QED) is 0.0644. The van der Waals surface area contributed by atoms with Crippen molar-refractivity contribution in [2.75, 3.05) is 11.5 Å². The normalized spacial score (nSPS) is 16.4. The standard InChI is InChI=1S/C30H25N3O4S2/c1-3-16-37-23-11-7-10-22(17-23)25-24(26(34)21-8-5-4-6-9-21)27(35)28(36)33(25)29-31-32-30(39-29)38-18-20-14-12-19(2)13-15-20/h3-15,17,25,34H,1,16,18H2,2H3/b26-24+. The van der Waals surface area contributed by atoms with Crippen LogP contribution in [-0.4, -0.2) is 33.6 Å². The summed E-state index contributed by atoms with van der Waals surface area (Å²) in [4.78, 5) is 28.1. The average Bonchev–Trinajstić information content (AvgIpc) is 3.53. The summed E-state index contributed by atoms with van der Waals surface area (Å²) in [7, 11) is 0. The Balaban J connectivity index is 1.54. The second kappa shape index (κ2) is 11.7. The molecule has 0 bridgehead atoms. The number of anilines is 1. The molecule has 1 aromatic heterocycles. The van der Waals surface area contributed by atoms with Gasteiger partial charge in [-0.2, -0.15) is 0 Å². The molecule has 4 aromatic rings. The maximum Gasteiger partial charge on any atom is 0.301 e. The zero-order chi connectivity index (χ0) is 27.4. The topological polar surface area (TPSA) is 92.6 Å². The van der Waals surface area contributed by atoms with Crippen molar-refractivity contribution >= 4 is 45.7 Å². The fourth-order valence-corrected chi connectivity index (χ4v) is 6.04. The second-order valence-electron chi connectivity index (χ2n) is 8.83. The Hall–Kier alpha value is -4.21. The first kappa shape index (κ1) is 26.4. The van der Waals surface area contributed by atoms with Gasteiger partial charge in [-0.3, -0.25) is 14.5 Å². The van der Waals surface area contributed by atoms with Crippen LogP contribution in [0.5, 0.6) is 5.75 Å². The van der Waals surface area contributed by atoms with Gasteiger partial charge in [0.2, 0.25) is 5.13 Å². The number of ether oxygens (including phenoxy) is 1. The average molecular weight is 556 g/mol. The molecule has 1 aliphatic heterocycles. The predicted octanol–water partition coefficient (Wildman–Crippen LogP) is 6.33. The molecule has 0 saturated carbocycles. The van der Waals surface area contributed by atoms with Crippen molar-refractivity contribution < 1.29 is 19.4 Å². The van der Waals surface area contributed by atoms with Gasteiger partial charge in [0.05, 0.1) is 11.6 Å². The van der Waals surface area contributed by atoms with Crippen LogP contribution in [0.4, 0.5) is 5.13 Å². The minimum absolute atomic E-state index is 0.0175. The summed E-state index contributed by atoms with van der Waals surface area (Å²) >= 11 is 2.73. The van der Waals surface area contributed by atoms with Gasteiger partial charge in [0.1, 0.15) is 18.1 Å². The minimum atomic E-state index is -0.916. The van der Waals surface area contributed by atoms with E-state index in [1.807, 2.05) is 13.0 Å². The monoisotopic (exact) mass is 555 g/mol. The molecule has 1 atom stereocenters. The zero-order valence-electron chi connectivity index (χ0n) is 21.1. The van der Waals surface area contributed by atoms with Crippen LogP contribution in [-0.2, 0) is 15.3 Å². The van der Waals surface area contributed by atoms with Crippen molar-refractivity contribution in [3.63, 3.8) is 0 Å². The second-order valence-corrected chi connectivity index (χ2v) is 11.0. The van der Waals surface area contributed by atoms with E-state index in [1.54, 1.807) is 54.6 Å². The summed E-state index contributed by atoms with van der Waals surface area (Å²) in [5, 5.41) is 20.1. The molecule has 2 heterocycles. The van der Waals surface area contributed by atoms with E-state index in [4.69, 9.17) is 4.74 Å². The van der Waals surface area contributed by atoms with Crippen LogP contribution in [0.15, 0.2) is 101 Å². The van der Waals surface area contributed by atoms with Crippen molar-refractivity contribution in [2.45, 2.75) is 23.1 Å². The van der Waals surface area contributed by atoms with E-state index in [-0.39, 0.29) is 16.5 Å². The SMILES string of the molecule is C=CCOc1cccc(C2/C(=C(\O)c3ccccc3)C(=O)C(=O)N2c2nnc(SCc3ccc(C)cc3)s2)c1. The molecule has 1 unspecified atom stereocenters. The van der Waals surface area contributed by atoms with Gasteiger partial charge in [0, 0.05) is 11.3 Å². The van der Waals surface area contributed by atoms with E-state index in [9.17, 15) is 14.7 Å². The van der Waals surface area contributed by atoms with Gasteiger partial charge in [-0.1, -0.05) is 108 Å². The number of aryl methyl sites for hydroxylation is 1. The highest BCUT2D eigenvalue weighted by molar-refractivity contribution is 8.00. The number of benzene rings is 3. The zero-order valence-corrected chi connectivity index (χ0v) is 22.7. The van der Waals surface area contributed by atoms with Crippen molar-refractivity contribution in [3.8, 4) is 5.75 Å². The first-order valence-electron chi connectivity index (χ1n) is 12.2. The summed E-state index contributed by atoms with van der Waals surface area (Å²) in [5.74, 6) is -0.584. The highest BCUT2D eigenvalue weighted by Crippen LogP contribution is 2.44. The molecule has 39 heavy (non-hydrogen) atoms. The molecule has 3 aromatic carbocycles. The van der Waals surface area contributed by atoms with Crippen LogP contribution in [0.1, 0.15) is 28.3 Å². The summed E-state index contributed by atoms with van der Waals surface area (Å²) < 4.78 is 6.37. The molecule has 0 radical (unpaired) electrons. The van der Waals surface area contributed by atoms with Crippen LogP contribution in [0, 0.1) is 6.92 Å². The first-order chi connectivity index (χ1) is 19.0. The van der Waals surface area contributed by atoms with E-state index in [1.165, 1.54) is 33.6 Å². The fraction of sp³-hybridized carbons (Fsp3) is 0.133. The van der Waals surface area contributed by atoms with Gasteiger partial charge in [-0.05, 0) is 30.2 Å². The molecule has 1 amide bonds. The number of thioether (sulfide) groups is 1. The number of nitrogens with zero attached hydrogens (tertiary/aromatic N) is 3. The molecule has 1 aliphatic rings. The van der Waals surface area contributed by atoms with Crippen LogP contribution in [0.2, 0.25) is 0 Å². The highest BCUT2D eigenvalue weighted by atomic mass is 32.2. The number of carbonyl (C=O) groups is 2. The molecule has 196 valence electrons. The molecule has 9 heteroatoms. The third-order valence-corrected chi connectivity index (χ3v) is 8.25. The van der Waals surface area contributed by atoms with Crippen LogP contribution in [0.3, 0.4) is 0 Å². The molecule has 0 aliphatic carbocycles. The highest BCUT2D eigenvalue weighted by Gasteiger charge is 2.48. The lowest BCUT2D eigenvalue weighted by Gasteiger charge is -2.23. The number of Topliss-reactive ketones (excluding diaryl/α,β-unsaturated/α-hetero) is 1. The van der Waals surface area contributed by atoms with Gasteiger partial charge < -0.3 is 9.84 Å². The predicted molar refractivity (Wildman–Crippen MR) is 154 cm³/mol. The summed E-state index contributed by atoms with van der Waals surface area (Å²) in [6.45, 7) is 6.01. The van der Waals surface area contributed by atoms with Gasteiger partial charge in [-0.25, -0.2) is 0 Å². The molecule has 0 spiro atoms. The lowest BCUT2D eigenvalue weighted by molar-refractivity contribution is -0.132. The Bertz CT molecular complexity index is 1550. The molecule has 5 rings (SSSR count). The maximum atomic E-state index is 13.4. The summed E-state index contributed by atoms with van der Waals surface area (Å²) in [5.41, 5.74) is 3.34. The van der Waals surface area contributed by atoms with Gasteiger partial charge >= 0.3 is 5.91 Å². The minimum Gasteiger partial charge on any atom is -0.507 e. The van der Waals surface area contributed by atoms with E-state index in [0.29, 0.717) is 33.6 Å². The van der Waals surface area contributed by atoms with Crippen molar-refractivity contribution in [1.29, 1.82) is 0 Å². The molecule has 1 fully saturated rings. The number of aliphatic hydroxyl groups is 1. The molecular weight excluding hydrogens is 530 g/mol. The maximum absolute atomic E-state index is 13.4. The van der Waals surface area contributed by atoms with Gasteiger partial charge in [0.25, 0.3) is 5.78 Å². The largest absolute Gasteiger partial charge is 0.507 e. The molecular formula is C30H25N3O4S2. The number of hydrogen-bond donors (Lipinski definition) is 1. The Labute approximate surface area is 234 Å². The molecule has 1 saturated heterocycles. The Morgan fingerprint density at radius 2 is 1.85 bits per heavy atom. The third kappa shape index (κ3) is 5.64. The fourth-order valence-electron chi connectivity index (χ4n) is 4.21. The lowest BCUT2D eigenvalue weighted by atomic mass is 9.95. The number of aliphatic hydroxyl groups excluding tert-OH is 1. The number of amides is 1. The number of aromatic nitrogens is 2. The molecule has 7 nitrogen and oxygen atoms in total. The van der Waals surface area contributed by atoms with E-state index < -0.39 is 17.7 Å². The smallest absolute Gasteiger partial charge is 0.301 e. The van der Waals surface area contributed by atoms with Gasteiger partial charge in [-0.15, -0.1) is 10.2 Å². The van der Waals surface area contributed by atoms with E-state index in [2.05, 4.69) is 41.0 Å². The van der Waals surface area contributed by atoms with Crippen LogP contribution in [0.25, 0.3) is 5.76 Å². The van der Waals surface area contributed by atoms with Crippen molar-refractivity contribution in [1.82, 2.24) is 10.2 Å².